The van der Waals surface area contributed by atoms with Crippen molar-refractivity contribution < 1.29 is 18.9 Å². The van der Waals surface area contributed by atoms with Crippen molar-refractivity contribution in [3.63, 3.8) is 0 Å². The lowest BCUT2D eigenvalue weighted by molar-refractivity contribution is 0.207. The molecule has 0 saturated heterocycles. The van der Waals surface area contributed by atoms with Gasteiger partial charge in [-0.3, -0.25) is 0 Å². The normalized spacial score (nSPS) is 20.8. The van der Waals surface area contributed by atoms with E-state index < -0.39 is 0 Å². The first-order valence-corrected chi connectivity index (χ1v) is 7.82. The fraction of sp³-hybridized carbons (Fsp3) is 0.368. The molecule has 2 aromatic carbocycles. The van der Waals surface area contributed by atoms with Crippen LogP contribution in [-0.2, 0) is 6.42 Å². The molecule has 0 saturated carbocycles. The summed E-state index contributed by atoms with van der Waals surface area (Å²) in [7, 11) is 4.93. The van der Waals surface area contributed by atoms with Crippen molar-refractivity contribution in [2.75, 3.05) is 27.9 Å². The van der Waals surface area contributed by atoms with E-state index in [0.29, 0.717) is 29.8 Å². The van der Waals surface area contributed by atoms with E-state index in [1.54, 1.807) is 21.3 Å². The summed E-state index contributed by atoms with van der Waals surface area (Å²) in [4.78, 5) is 0. The Kier molecular flexibility index (Phi) is 3.33. The lowest BCUT2D eigenvalue weighted by atomic mass is 9.83. The van der Waals surface area contributed by atoms with E-state index >= 15 is 0 Å². The number of hydrogen-bond donors (Lipinski definition) is 0. The molecule has 4 rings (SSSR count). The molecule has 0 fully saturated rings. The van der Waals surface area contributed by atoms with Crippen LogP contribution in [0.3, 0.4) is 0 Å². The molecule has 0 radical (unpaired) electrons. The maximum atomic E-state index is 6.04. The van der Waals surface area contributed by atoms with E-state index in [4.69, 9.17) is 18.9 Å². The standard InChI is InChI=1S/C19H20O4/c1-20-15-9-14-17(19(22-3)18(15)21-2)16-12(10-23-14)8-11-6-4-5-7-13(11)16/h4-7,9,12,16H,8,10H2,1-3H3/t12-,16-/m0/s1. The number of benzene rings is 2. The molecule has 0 bridgehead atoms. The molecule has 0 aromatic heterocycles. The van der Waals surface area contributed by atoms with E-state index in [-0.39, 0.29) is 5.92 Å². The Morgan fingerprint density at radius 3 is 2.52 bits per heavy atom. The molecule has 2 aromatic rings. The van der Waals surface area contributed by atoms with Gasteiger partial charge in [-0.15, -0.1) is 0 Å². The predicted octanol–water partition coefficient (Wildman–Crippen LogP) is 3.41. The van der Waals surface area contributed by atoms with Gasteiger partial charge in [0.1, 0.15) is 5.75 Å². The summed E-state index contributed by atoms with van der Waals surface area (Å²) in [6.07, 6.45) is 1.04. The average Bonchev–Trinajstić information content (AvgIpc) is 2.98. The van der Waals surface area contributed by atoms with Crippen molar-refractivity contribution in [3.8, 4) is 23.0 Å². The average molecular weight is 312 g/mol. The molecule has 0 amide bonds. The highest BCUT2D eigenvalue weighted by molar-refractivity contribution is 5.66. The fourth-order valence-corrected chi connectivity index (χ4v) is 3.99. The minimum absolute atomic E-state index is 0.282. The number of fused-ring (bicyclic) bond motifs is 5. The second-order valence-corrected chi connectivity index (χ2v) is 6.01. The van der Waals surface area contributed by atoms with Gasteiger partial charge < -0.3 is 18.9 Å². The minimum atomic E-state index is 0.282. The van der Waals surface area contributed by atoms with Crippen LogP contribution in [0.4, 0.5) is 0 Å². The maximum Gasteiger partial charge on any atom is 0.203 e. The molecule has 0 N–H and O–H groups in total. The molecule has 4 nitrogen and oxygen atoms in total. The van der Waals surface area contributed by atoms with Crippen molar-refractivity contribution in [1.82, 2.24) is 0 Å². The minimum Gasteiger partial charge on any atom is -0.493 e. The van der Waals surface area contributed by atoms with Gasteiger partial charge in [0.05, 0.1) is 27.9 Å². The van der Waals surface area contributed by atoms with E-state index in [1.165, 1.54) is 11.1 Å². The van der Waals surface area contributed by atoms with Gasteiger partial charge in [-0.2, -0.15) is 0 Å². The van der Waals surface area contributed by atoms with Crippen molar-refractivity contribution in [2.24, 2.45) is 5.92 Å². The first-order chi connectivity index (χ1) is 11.3. The molecular weight excluding hydrogens is 292 g/mol. The highest BCUT2D eigenvalue weighted by Gasteiger charge is 2.42. The highest BCUT2D eigenvalue weighted by Crippen LogP contribution is 2.56. The molecule has 2 atom stereocenters. The Morgan fingerprint density at radius 1 is 1.00 bits per heavy atom. The van der Waals surface area contributed by atoms with Gasteiger partial charge in [0.15, 0.2) is 11.5 Å². The topological polar surface area (TPSA) is 36.9 Å². The Labute approximate surface area is 135 Å². The van der Waals surface area contributed by atoms with Gasteiger partial charge in [-0.1, -0.05) is 24.3 Å². The summed E-state index contributed by atoms with van der Waals surface area (Å²) in [5, 5.41) is 0. The van der Waals surface area contributed by atoms with Crippen molar-refractivity contribution in [2.45, 2.75) is 12.3 Å². The number of hydrogen-bond acceptors (Lipinski definition) is 4. The third-order valence-corrected chi connectivity index (χ3v) is 4.94. The zero-order valence-corrected chi connectivity index (χ0v) is 13.6. The van der Waals surface area contributed by atoms with Crippen LogP contribution < -0.4 is 18.9 Å². The SMILES string of the molecule is COc1cc2c(c(OC)c1OC)[C@@H]1c3ccccc3C[C@H]1CO2. The van der Waals surface area contributed by atoms with Gasteiger partial charge in [-0.05, 0) is 17.5 Å². The Bertz CT molecular complexity index is 753. The Morgan fingerprint density at radius 2 is 1.78 bits per heavy atom. The Hall–Kier alpha value is -2.36. The van der Waals surface area contributed by atoms with Crippen molar-refractivity contribution in [3.05, 3.63) is 47.0 Å². The zero-order chi connectivity index (χ0) is 16.0. The third kappa shape index (κ3) is 1.97. The summed E-state index contributed by atoms with van der Waals surface area (Å²) in [6, 6.07) is 10.5. The van der Waals surface area contributed by atoms with Gasteiger partial charge in [0.25, 0.3) is 0 Å². The summed E-state index contributed by atoms with van der Waals surface area (Å²) >= 11 is 0. The van der Waals surface area contributed by atoms with Crippen LogP contribution in [0.5, 0.6) is 23.0 Å². The zero-order valence-electron chi connectivity index (χ0n) is 13.6. The molecular formula is C19H20O4. The number of rotatable bonds is 3. The van der Waals surface area contributed by atoms with E-state index in [9.17, 15) is 0 Å². The summed E-state index contributed by atoms with van der Waals surface area (Å²) in [5.74, 6) is 3.53. The third-order valence-electron chi connectivity index (χ3n) is 4.94. The Balaban J connectivity index is 1.96. The van der Waals surface area contributed by atoms with Crippen LogP contribution in [-0.4, -0.2) is 27.9 Å². The molecule has 120 valence electrons. The highest BCUT2D eigenvalue weighted by atomic mass is 16.5. The van der Waals surface area contributed by atoms with Crippen LogP contribution >= 0.6 is 0 Å². The summed E-state index contributed by atoms with van der Waals surface area (Å²) in [6.45, 7) is 0.713. The monoisotopic (exact) mass is 312 g/mol. The lowest BCUT2D eigenvalue weighted by Crippen LogP contribution is -2.24. The molecule has 0 spiro atoms. The molecule has 1 aliphatic carbocycles. The largest absolute Gasteiger partial charge is 0.493 e. The predicted molar refractivity (Wildman–Crippen MR) is 87.1 cm³/mol. The first-order valence-electron chi connectivity index (χ1n) is 7.82. The van der Waals surface area contributed by atoms with Gasteiger partial charge in [-0.25, -0.2) is 0 Å². The van der Waals surface area contributed by atoms with Gasteiger partial charge in [0, 0.05) is 23.5 Å². The van der Waals surface area contributed by atoms with Crippen molar-refractivity contribution in [1.29, 1.82) is 0 Å². The summed E-state index contributed by atoms with van der Waals surface area (Å²) < 4.78 is 22.7. The first kappa shape index (κ1) is 14.2. The fourth-order valence-electron chi connectivity index (χ4n) is 3.99. The second-order valence-electron chi connectivity index (χ2n) is 6.01. The number of methoxy groups -OCH3 is 3. The van der Waals surface area contributed by atoms with E-state index in [1.807, 2.05) is 6.07 Å². The number of ether oxygens (including phenoxy) is 4. The smallest absolute Gasteiger partial charge is 0.203 e. The van der Waals surface area contributed by atoms with Crippen LogP contribution in [0, 0.1) is 5.92 Å². The van der Waals surface area contributed by atoms with Gasteiger partial charge >= 0.3 is 0 Å². The lowest BCUT2D eigenvalue weighted by Gasteiger charge is -2.31. The van der Waals surface area contributed by atoms with Gasteiger partial charge in [0.2, 0.25) is 5.75 Å². The van der Waals surface area contributed by atoms with E-state index in [2.05, 4.69) is 24.3 Å². The maximum absolute atomic E-state index is 6.04. The molecule has 1 aliphatic heterocycles. The molecule has 0 unspecified atom stereocenters. The second kappa shape index (κ2) is 5.37. The molecule has 4 heteroatoms. The van der Waals surface area contributed by atoms with E-state index in [0.717, 1.165) is 17.7 Å². The van der Waals surface area contributed by atoms with Crippen LogP contribution in [0.25, 0.3) is 0 Å². The van der Waals surface area contributed by atoms with Crippen LogP contribution in [0.2, 0.25) is 0 Å². The quantitative estimate of drug-likeness (QED) is 0.870. The van der Waals surface area contributed by atoms with Crippen LogP contribution in [0.15, 0.2) is 30.3 Å². The molecule has 23 heavy (non-hydrogen) atoms. The summed E-state index contributed by atoms with van der Waals surface area (Å²) in [5.41, 5.74) is 3.84. The van der Waals surface area contributed by atoms with Crippen molar-refractivity contribution >= 4 is 0 Å². The molecule has 2 aliphatic rings. The molecule has 1 heterocycles. The van der Waals surface area contributed by atoms with Crippen LogP contribution in [0.1, 0.15) is 22.6 Å².